The largest absolute Gasteiger partial charge is 0.373 e. The van der Waals surface area contributed by atoms with Crippen LogP contribution in [0.4, 0.5) is 0 Å². The Morgan fingerprint density at radius 2 is 2.13 bits per heavy atom. The van der Waals surface area contributed by atoms with Crippen LogP contribution in [0.2, 0.25) is 0 Å². The standard InChI is InChI=1S/C12H26N2O/c1-4-6-13-7-5-8-14-9-10-15-12(2,3)11-14/h13H,4-11H2,1-3H3. The quantitative estimate of drug-likeness (QED) is 0.678. The minimum absolute atomic E-state index is 0.0507. The summed E-state index contributed by atoms with van der Waals surface area (Å²) in [4.78, 5) is 2.51. The van der Waals surface area contributed by atoms with E-state index in [0.717, 1.165) is 32.8 Å². The summed E-state index contributed by atoms with van der Waals surface area (Å²) in [5, 5.41) is 3.44. The van der Waals surface area contributed by atoms with Crippen LogP contribution in [-0.4, -0.2) is 49.8 Å². The molecule has 0 aromatic heterocycles. The molecule has 1 saturated heterocycles. The van der Waals surface area contributed by atoms with Crippen molar-refractivity contribution in [1.82, 2.24) is 10.2 Å². The highest BCUT2D eigenvalue weighted by Crippen LogP contribution is 2.16. The topological polar surface area (TPSA) is 24.5 Å². The number of hydrogen-bond acceptors (Lipinski definition) is 3. The molecule has 90 valence electrons. The zero-order chi connectivity index (χ0) is 11.1. The van der Waals surface area contributed by atoms with Crippen LogP contribution in [-0.2, 0) is 4.74 Å². The molecule has 0 amide bonds. The van der Waals surface area contributed by atoms with Gasteiger partial charge < -0.3 is 10.1 Å². The highest BCUT2D eigenvalue weighted by molar-refractivity contribution is 4.78. The SMILES string of the molecule is CCCNCCCN1CCOC(C)(C)C1. The maximum absolute atomic E-state index is 5.68. The highest BCUT2D eigenvalue weighted by Gasteiger charge is 2.26. The third-order valence-corrected chi connectivity index (χ3v) is 2.76. The Bertz CT molecular complexity index is 171. The van der Waals surface area contributed by atoms with Crippen molar-refractivity contribution in [3.8, 4) is 0 Å². The Kier molecular flexibility index (Phi) is 5.58. The summed E-state index contributed by atoms with van der Waals surface area (Å²) >= 11 is 0. The van der Waals surface area contributed by atoms with Crippen LogP contribution >= 0.6 is 0 Å². The second-order valence-electron chi connectivity index (χ2n) is 4.99. The Morgan fingerprint density at radius 1 is 1.33 bits per heavy atom. The van der Waals surface area contributed by atoms with Crippen LogP contribution in [0.15, 0.2) is 0 Å². The lowest BCUT2D eigenvalue weighted by atomic mass is 10.1. The van der Waals surface area contributed by atoms with Crippen LogP contribution in [0.3, 0.4) is 0 Å². The summed E-state index contributed by atoms with van der Waals surface area (Å²) in [6.45, 7) is 13.1. The van der Waals surface area contributed by atoms with Gasteiger partial charge in [-0.05, 0) is 46.3 Å². The minimum Gasteiger partial charge on any atom is -0.373 e. The van der Waals surface area contributed by atoms with Crippen molar-refractivity contribution in [2.45, 2.75) is 39.2 Å². The molecule has 0 aromatic rings. The van der Waals surface area contributed by atoms with Crippen molar-refractivity contribution < 1.29 is 4.74 Å². The molecule has 0 aliphatic carbocycles. The van der Waals surface area contributed by atoms with Crippen molar-refractivity contribution in [3.63, 3.8) is 0 Å². The molecule has 1 N–H and O–H groups in total. The Hall–Kier alpha value is -0.120. The first-order chi connectivity index (χ1) is 7.14. The van der Waals surface area contributed by atoms with Gasteiger partial charge in [0.2, 0.25) is 0 Å². The molecule has 1 rings (SSSR count). The molecule has 3 nitrogen and oxygen atoms in total. The fourth-order valence-electron chi connectivity index (χ4n) is 2.03. The predicted octanol–water partition coefficient (Wildman–Crippen LogP) is 1.49. The summed E-state index contributed by atoms with van der Waals surface area (Å²) < 4.78 is 5.68. The first kappa shape index (κ1) is 12.9. The van der Waals surface area contributed by atoms with Gasteiger partial charge in [-0.15, -0.1) is 0 Å². The number of nitrogens with zero attached hydrogens (tertiary/aromatic N) is 1. The van der Waals surface area contributed by atoms with Gasteiger partial charge in [0, 0.05) is 13.1 Å². The zero-order valence-electron chi connectivity index (χ0n) is 10.5. The zero-order valence-corrected chi connectivity index (χ0v) is 10.5. The summed E-state index contributed by atoms with van der Waals surface area (Å²) in [6, 6.07) is 0. The second-order valence-corrected chi connectivity index (χ2v) is 4.99. The Labute approximate surface area is 94.2 Å². The van der Waals surface area contributed by atoms with Crippen LogP contribution in [0.1, 0.15) is 33.6 Å². The van der Waals surface area contributed by atoms with Crippen molar-refractivity contribution in [2.75, 3.05) is 39.3 Å². The van der Waals surface area contributed by atoms with E-state index in [9.17, 15) is 0 Å². The molecule has 0 atom stereocenters. The predicted molar refractivity (Wildman–Crippen MR) is 64.2 cm³/mol. The average Bonchev–Trinajstić information content (AvgIpc) is 2.16. The van der Waals surface area contributed by atoms with E-state index < -0.39 is 0 Å². The van der Waals surface area contributed by atoms with Gasteiger partial charge in [-0.3, -0.25) is 4.90 Å². The van der Waals surface area contributed by atoms with Crippen molar-refractivity contribution in [3.05, 3.63) is 0 Å². The molecule has 1 fully saturated rings. The van der Waals surface area contributed by atoms with Crippen LogP contribution < -0.4 is 5.32 Å². The first-order valence-electron chi connectivity index (χ1n) is 6.21. The van der Waals surface area contributed by atoms with E-state index >= 15 is 0 Å². The molecule has 0 unspecified atom stereocenters. The molecule has 0 bridgehead atoms. The lowest BCUT2D eigenvalue weighted by Crippen LogP contribution is -2.48. The summed E-state index contributed by atoms with van der Waals surface area (Å²) in [6.07, 6.45) is 2.47. The van der Waals surface area contributed by atoms with Crippen LogP contribution in [0, 0.1) is 0 Å². The third kappa shape index (κ3) is 5.50. The molecule has 1 aliphatic rings. The fraction of sp³-hybridized carbons (Fsp3) is 1.00. The number of nitrogens with one attached hydrogen (secondary N) is 1. The molecule has 1 heterocycles. The molecule has 0 spiro atoms. The van der Waals surface area contributed by atoms with E-state index in [1.165, 1.54) is 19.4 Å². The number of hydrogen-bond donors (Lipinski definition) is 1. The number of morpholine rings is 1. The summed E-state index contributed by atoms with van der Waals surface area (Å²) in [7, 11) is 0. The van der Waals surface area contributed by atoms with Crippen molar-refractivity contribution >= 4 is 0 Å². The van der Waals surface area contributed by atoms with E-state index in [1.807, 2.05) is 0 Å². The van der Waals surface area contributed by atoms with Gasteiger partial charge in [-0.1, -0.05) is 6.92 Å². The maximum Gasteiger partial charge on any atom is 0.0753 e. The van der Waals surface area contributed by atoms with E-state index in [0.29, 0.717) is 0 Å². The molecule has 0 aromatic carbocycles. The Balaban J connectivity index is 2.05. The van der Waals surface area contributed by atoms with E-state index in [-0.39, 0.29) is 5.60 Å². The second kappa shape index (κ2) is 6.46. The van der Waals surface area contributed by atoms with Crippen LogP contribution in [0.5, 0.6) is 0 Å². The normalized spacial score (nSPS) is 21.8. The summed E-state index contributed by atoms with van der Waals surface area (Å²) in [5.74, 6) is 0. The van der Waals surface area contributed by atoms with Crippen molar-refractivity contribution in [2.24, 2.45) is 0 Å². The van der Waals surface area contributed by atoms with Crippen LogP contribution in [0.25, 0.3) is 0 Å². The smallest absolute Gasteiger partial charge is 0.0753 e. The van der Waals surface area contributed by atoms with Gasteiger partial charge in [0.1, 0.15) is 0 Å². The Morgan fingerprint density at radius 3 is 2.80 bits per heavy atom. The number of ether oxygens (including phenoxy) is 1. The monoisotopic (exact) mass is 214 g/mol. The van der Waals surface area contributed by atoms with E-state index in [1.54, 1.807) is 0 Å². The lowest BCUT2D eigenvalue weighted by Gasteiger charge is -2.38. The lowest BCUT2D eigenvalue weighted by molar-refractivity contribution is -0.0859. The highest BCUT2D eigenvalue weighted by atomic mass is 16.5. The molecule has 1 aliphatic heterocycles. The molecule has 0 radical (unpaired) electrons. The van der Waals surface area contributed by atoms with Gasteiger partial charge in [-0.2, -0.15) is 0 Å². The maximum atomic E-state index is 5.68. The van der Waals surface area contributed by atoms with Gasteiger partial charge in [0.25, 0.3) is 0 Å². The van der Waals surface area contributed by atoms with E-state index in [2.05, 4.69) is 31.0 Å². The van der Waals surface area contributed by atoms with Gasteiger partial charge in [-0.25, -0.2) is 0 Å². The van der Waals surface area contributed by atoms with Crippen molar-refractivity contribution in [1.29, 1.82) is 0 Å². The molecule has 0 saturated carbocycles. The van der Waals surface area contributed by atoms with E-state index in [4.69, 9.17) is 4.74 Å². The average molecular weight is 214 g/mol. The first-order valence-corrected chi connectivity index (χ1v) is 6.21. The summed E-state index contributed by atoms with van der Waals surface area (Å²) in [5.41, 5.74) is 0.0507. The fourth-order valence-corrected chi connectivity index (χ4v) is 2.03. The van der Waals surface area contributed by atoms with Gasteiger partial charge >= 0.3 is 0 Å². The third-order valence-electron chi connectivity index (χ3n) is 2.76. The minimum atomic E-state index is 0.0507. The molecule has 15 heavy (non-hydrogen) atoms. The number of rotatable bonds is 6. The van der Waals surface area contributed by atoms with Gasteiger partial charge in [0.05, 0.1) is 12.2 Å². The molecular formula is C12H26N2O. The van der Waals surface area contributed by atoms with Gasteiger partial charge in [0.15, 0.2) is 0 Å². The molecule has 3 heteroatoms. The molecular weight excluding hydrogens is 188 g/mol.